The molecule has 1 fully saturated rings. The molecule has 3 rings (SSSR count). The number of esters is 1. The Morgan fingerprint density at radius 3 is 2.46 bits per heavy atom. The summed E-state index contributed by atoms with van der Waals surface area (Å²) in [7, 11) is 2.99. The van der Waals surface area contributed by atoms with Crippen LogP contribution in [0.3, 0.4) is 0 Å². The lowest BCUT2D eigenvalue weighted by atomic mass is 10.1. The molecule has 0 saturated carbocycles. The highest BCUT2D eigenvalue weighted by atomic mass is 32.2. The van der Waals surface area contributed by atoms with Crippen molar-refractivity contribution in [2.45, 2.75) is 6.42 Å². The Morgan fingerprint density at radius 1 is 1.04 bits per heavy atom. The molecule has 1 aliphatic heterocycles. The number of benzene rings is 2. The van der Waals surface area contributed by atoms with E-state index in [0.29, 0.717) is 22.6 Å². The Labute approximate surface area is 165 Å². The van der Waals surface area contributed by atoms with E-state index in [1.54, 1.807) is 36.4 Å². The average molecular weight is 399 g/mol. The van der Waals surface area contributed by atoms with E-state index in [9.17, 15) is 14.4 Å². The van der Waals surface area contributed by atoms with Crippen LogP contribution in [0.2, 0.25) is 0 Å². The molecule has 0 unspecified atom stereocenters. The van der Waals surface area contributed by atoms with E-state index in [2.05, 4.69) is 5.32 Å². The van der Waals surface area contributed by atoms with Gasteiger partial charge in [0.1, 0.15) is 5.75 Å². The summed E-state index contributed by atoms with van der Waals surface area (Å²) in [5, 5.41) is 1.78. The molecule has 2 aromatic carbocycles. The SMILES string of the molecule is COc1ccccc1CC(=O)Oc1ccc(C=C2SC(=O)NC2=O)cc1OC. The zero-order valence-electron chi connectivity index (χ0n) is 15.2. The summed E-state index contributed by atoms with van der Waals surface area (Å²) >= 11 is 0.825. The molecule has 1 N–H and O–H groups in total. The van der Waals surface area contributed by atoms with Gasteiger partial charge in [-0.25, -0.2) is 0 Å². The van der Waals surface area contributed by atoms with Crippen molar-refractivity contribution in [2.24, 2.45) is 0 Å². The van der Waals surface area contributed by atoms with Crippen molar-refractivity contribution in [3.8, 4) is 17.2 Å². The first-order valence-electron chi connectivity index (χ1n) is 8.25. The van der Waals surface area contributed by atoms with Crippen LogP contribution in [0.4, 0.5) is 4.79 Å². The Kier molecular flexibility index (Phi) is 6.00. The molecule has 2 aromatic rings. The third kappa shape index (κ3) is 4.52. The molecule has 7 nitrogen and oxygen atoms in total. The summed E-state index contributed by atoms with van der Waals surface area (Å²) < 4.78 is 16.0. The average Bonchev–Trinajstić information content (AvgIpc) is 3.00. The lowest BCUT2D eigenvalue weighted by Crippen LogP contribution is -2.17. The second-order valence-corrected chi connectivity index (χ2v) is 6.74. The van der Waals surface area contributed by atoms with Crippen molar-refractivity contribution >= 4 is 35.0 Å². The molecule has 0 atom stereocenters. The van der Waals surface area contributed by atoms with Gasteiger partial charge in [0.25, 0.3) is 11.1 Å². The highest BCUT2D eigenvalue weighted by Gasteiger charge is 2.25. The van der Waals surface area contributed by atoms with Crippen LogP contribution in [0.1, 0.15) is 11.1 Å². The number of nitrogens with one attached hydrogen (secondary N) is 1. The van der Waals surface area contributed by atoms with Gasteiger partial charge in [-0.2, -0.15) is 0 Å². The van der Waals surface area contributed by atoms with E-state index in [-0.39, 0.29) is 17.1 Å². The normalized spacial score (nSPS) is 14.7. The fraction of sp³-hybridized carbons (Fsp3) is 0.150. The third-order valence-corrected chi connectivity index (χ3v) is 4.69. The third-order valence-electron chi connectivity index (χ3n) is 3.88. The number of para-hydroxylation sites is 1. The first-order chi connectivity index (χ1) is 13.5. The van der Waals surface area contributed by atoms with Crippen LogP contribution in [0.15, 0.2) is 47.4 Å². The molecule has 144 valence electrons. The number of hydrogen-bond acceptors (Lipinski definition) is 7. The summed E-state index contributed by atoms with van der Waals surface area (Å²) in [5.74, 6) is 0.281. The maximum Gasteiger partial charge on any atom is 0.315 e. The van der Waals surface area contributed by atoms with E-state index in [1.165, 1.54) is 14.2 Å². The van der Waals surface area contributed by atoms with Crippen molar-refractivity contribution in [1.29, 1.82) is 0 Å². The quantitative estimate of drug-likeness (QED) is 0.453. The summed E-state index contributed by atoms with van der Waals surface area (Å²) in [4.78, 5) is 35.5. The van der Waals surface area contributed by atoms with Crippen molar-refractivity contribution < 1.29 is 28.6 Å². The smallest absolute Gasteiger partial charge is 0.315 e. The van der Waals surface area contributed by atoms with Gasteiger partial charge in [-0.15, -0.1) is 0 Å². The minimum absolute atomic E-state index is 0.0396. The molecule has 1 saturated heterocycles. The van der Waals surface area contributed by atoms with E-state index in [0.717, 1.165) is 11.8 Å². The maximum atomic E-state index is 12.3. The highest BCUT2D eigenvalue weighted by molar-refractivity contribution is 8.18. The number of hydrogen-bond donors (Lipinski definition) is 1. The second kappa shape index (κ2) is 8.62. The second-order valence-electron chi connectivity index (χ2n) is 5.73. The van der Waals surface area contributed by atoms with Gasteiger partial charge in [0, 0.05) is 5.56 Å². The van der Waals surface area contributed by atoms with E-state index < -0.39 is 17.1 Å². The Bertz CT molecular complexity index is 969. The van der Waals surface area contributed by atoms with Gasteiger partial charge in [-0.05, 0) is 41.6 Å². The van der Waals surface area contributed by atoms with Gasteiger partial charge in [0.15, 0.2) is 11.5 Å². The van der Waals surface area contributed by atoms with Crippen LogP contribution in [0.25, 0.3) is 6.08 Å². The zero-order chi connectivity index (χ0) is 20.1. The number of carbonyl (C=O) groups excluding carboxylic acids is 3. The number of ether oxygens (including phenoxy) is 3. The summed E-state index contributed by atoms with van der Waals surface area (Å²) in [5.41, 5.74) is 1.35. The molecule has 0 aromatic heterocycles. The maximum absolute atomic E-state index is 12.3. The lowest BCUT2D eigenvalue weighted by Gasteiger charge is -2.11. The van der Waals surface area contributed by atoms with E-state index >= 15 is 0 Å². The minimum Gasteiger partial charge on any atom is -0.496 e. The summed E-state index contributed by atoms with van der Waals surface area (Å²) in [6.45, 7) is 0. The van der Waals surface area contributed by atoms with Gasteiger partial charge in [0.2, 0.25) is 0 Å². The van der Waals surface area contributed by atoms with Crippen LogP contribution in [-0.4, -0.2) is 31.3 Å². The van der Waals surface area contributed by atoms with Crippen molar-refractivity contribution in [1.82, 2.24) is 5.32 Å². The van der Waals surface area contributed by atoms with E-state index in [1.807, 2.05) is 12.1 Å². The number of rotatable bonds is 6. The molecule has 0 aliphatic carbocycles. The van der Waals surface area contributed by atoms with Crippen LogP contribution < -0.4 is 19.5 Å². The minimum atomic E-state index is -0.467. The van der Waals surface area contributed by atoms with E-state index in [4.69, 9.17) is 14.2 Å². The molecule has 1 aliphatic rings. The fourth-order valence-electron chi connectivity index (χ4n) is 2.59. The van der Waals surface area contributed by atoms with Crippen molar-refractivity contribution in [2.75, 3.05) is 14.2 Å². The van der Waals surface area contributed by atoms with Gasteiger partial charge in [-0.3, -0.25) is 19.7 Å². The Balaban J connectivity index is 1.75. The first-order valence-corrected chi connectivity index (χ1v) is 9.07. The topological polar surface area (TPSA) is 90.9 Å². The van der Waals surface area contributed by atoms with Gasteiger partial charge < -0.3 is 14.2 Å². The fourth-order valence-corrected chi connectivity index (χ4v) is 3.28. The lowest BCUT2D eigenvalue weighted by molar-refractivity contribution is -0.133. The zero-order valence-corrected chi connectivity index (χ0v) is 16.0. The van der Waals surface area contributed by atoms with Crippen LogP contribution in [-0.2, 0) is 16.0 Å². The first kappa shape index (κ1) is 19.5. The van der Waals surface area contributed by atoms with Gasteiger partial charge >= 0.3 is 5.97 Å². The molecule has 28 heavy (non-hydrogen) atoms. The molecule has 0 radical (unpaired) electrons. The van der Waals surface area contributed by atoms with Crippen LogP contribution >= 0.6 is 11.8 Å². The van der Waals surface area contributed by atoms with Crippen molar-refractivity contribution in [3.63, 3.8) is 0 Å². The number of imide groups is 1. The Hall–Kier alpha value is -3.26. The molecule has 8 heteroatoms. The molecular formula is C20H17NO6S. The van der Waals surface area contributed by atoms with Crippen LogP contribution in [0.5, 0.6) is 17.2 Å². The molecule has 1 heterocycles. The Morgan fingerprint density at radius 2 is 1.79 bits per heavy atom. The number of thioether (sulfide) groups is 1. The molecule has 0 bridgehead atoms. The number of carbonyl (C=O) groups is 3. The molecular weight excluding hydrogens is 382 g/mol. The predicted molar refractivity (Wildman–Crippen MR) is 104 cm³/mol. The largest absolute Gasteiger partial charge is 0.496 e. The van der Waals surface area contributed by atoms with Crippen molar-refractivity contribution in [3.05, 3.63) is 58.5 Å². The van der Waals surface area contributed by atoms with Gasteiger partial charge in [-0.1, -0.05) is 24.3 Å². The number of amides is 2. The summed E-state index contributed by atoms with van der Waals surface area (Å²) in [6, 6.07) is 12.1. The highest BCUT2D eigenvalue weighted by Crippen LogP contribution is 2.32. The number of methoxy groups -OCH3 is 2. The predicted octanol–water partition coefficient (Wildman–Crippen LogP) is 3.18. The summed E-state index contributed by atoms with van der Waals surface area (Å²) in [6.07, 6.45) is 1.60. The standard InChI is InChI=1S/C20H17NO6S/c1-25-14-6-4-3-5-13(14)11-18(22)27-15-8-7-12(9-16(15)26-2)10-17-19(23)21-20(24)28-17/h3-10H,11H2,1-2H3,(H,21,23,24). The molecule has 2 amide bonds. The van der Waals surface area contributed by atoms with Gasteiger partial charge in [0.05, 0.1) is 25.5 Å². The molecule has 0 spiro atoms. The van der Waals surface area contributed by atoms with Crippen LogP contribution in [0, 0.1) is 0 Å². The monoisotopic (exact) mass is 399 g/mol.